The largest absolute Gasteiger partial charge is 0.333 e. The van der Waals surface area contributed by atoms with Crippen molar-refractivity contribution < 1.29 is 0 Å². The summed E-state index contributed by atoms with van der Waals surface area (Å²) in [7, 11) is 0. The molecule has 5 heteroatoms. The molecule has 0 saturated carbocycles. The second kappa shape index (κ2) is 11.7. The molecule has 2 aliphatic rings. The van der Waals surface area contributed by atoms with Gasteiger partial charge in [0.2, 0.25) is 0 Å². The molecule has 0 unspecified atom stereocenters. The fourth-order valence-electron chi connectivity index (χ4n) is 1.09. The van der Waals surface area contributed by atoms with Crippen LogP contribution in [0.4, 0.5) is 0 Å². The van der Waals surface area contributed by atoms with Crippen molar-refractivity contribution >= 4 is 23.3 Å². The number of hydrogen-bond donors (Lipinski definition) is 3. The first-order chi connectivity index (χ1) is 8.50. The van der Waals surface area contributed by atoms with Gasteiger partial charge in [-0.2, -0.15) is 11.3 Å². The van der Waals surface area contributed by atoms with Gasteiger partial charge in [-0.3, -0.25) is 0 Å². The van der Waals surface area contributed by atoms with Crippen LogP contribution in [-0.2, 0) is 0 Å². The van der Waals surface area contributed by atoms with E-state index < -0.39 is 0 Å². The van der Waals surface area contributed by atoms with Crippen LogP contribution in [0.15, 0.2) is 46.7 Å². The Balaban J connectivity index is 0.000000128. The highest BCUT2D eigenvalue weighted by Crippen LogP contribution is 1.98. The molecule has 1 aromatic heterocycles. The van der Waals surface area contributed by atoms with E-state index in [1.807, 2.05) is 46.7 Å². The molecule has 0 radical (unpaired) electrons. The van der Waals surface area contributed by atoms with Gasteiger partial charge < -0.3 is 15.4 Å². The maximum Gasteiger partial charge on any atom is 0.00772 e. The molecule has 3 rings (SSSR count). The fourth-order valence-corrected chi connectivity index (χ4v) is 1.95. The van der Waals surface area contributed by atoms with E-state index in [-0.39, 0.29) is 0 Å². The van der Waals surface area contributed by atoms with Gasteiger partial charge in [-0.1, -0.05) is 18.2 Å². The number of allylic oxidation sites excluding steroid dienone is 2. The summed E-state index contributed by atoms with van der Waals surface area (Å²) in [6.07, 6.45) is 5.84. The second-order valence-corrected chi connectivity index (χ2v) is 4.78. The molecule has 3 nitrogen and oxygen atoms in total. The van der Waals surface area contributed by atoms with E-state index in [4.69, 9.17) is 0 Å². The molecule has 1 saturated heterocycles. The van der Waals surface area contributed by atoms with Gasteiger partial charge in [0.15, 0.2) is 0 Å². The van der Waals surface area contributed by atoms with E-state index in [0.717, 1.165) is 26.2 Å². The Morgan fingerprint density at radius 1 is 0.824 bits per heavy atom. The quantitative estimate of drug-likeness (QED) is 0.631. The summed E-state index contributed by atoms with van der Waals surface area (Å²) in [6, 6.07) is 4.04. The molecule has 0 aromatic carbocycles. The zero-order valence-corrected chi connectivity index (χ0v) is 11.4. The number of nitrogens with one attached hydrogen (secondary N) is 3. The lowest BCUT2D eigenvalue weighted by molar-refractivity contribution is 0.534. The third-order valence-electron chi connectivity index (χ3n) is 1.87. The summed E-state index contributed by atoms with van der Waals surface area (Å²) in [5, 5.41) is 12.5. The molecule has 1 fully saturated rings. The van der Waals surface area contributed by atoms with Crippen molar-refractivity contribution in [2.45, 2.75) is 0 Å². The minimum atomic E-state index is 1.14. The van der Waals surface area contributed by atoms with Crippen molar-refractivity contribution in [1.29, 1.82) is 0 Å². The molecular weight excluding hydrogens is 250 g/mol. The third kappa shape index (κ3) is 10.1. The van der Waals surface area contributed by atoms with E-state index in [1.165, 1.54) is 0 Å². The van der Waals surface area contributed by atoms with Crippen LogP contribution in [0.2, 0.25) is 0 Å². The summed E-state index contributed by atoms with van der Waals surface area (Å²) in [5.74, 6) is 0. The van der Waals surface area contributed by atoms with E-state index in [1.54, 1.807) is 23.3 Å². The lowest BCUT2D eigenvalue weighted by Gasteiger charge is -2.11. The first kappa shape index (κ1) is 14.3. The van der Waals surface area contributed by atoms with Crippen molar-refractivity contribution in [3.63, 3.8) is 0 Å². The molecule has 17 heavy (non-hydrogen) atoms. The maximum atomic E-state index is 3.22. The smallest absolute Gasteiger partial charge is 0.00772 e. The molecule has 0 bridgehead atoms. The van der Waals surface area contributed by atoms with Crippen molar-refractivity contribution in [3.05, 3.63) is 46.7 Å². The van der Waals surface area contributed by atoms with Crippen LogP contribution in [0.5, 0.6) is 0 Å². The van der Waals surface area contributed by atoms with Crippen molar-refractivity contribution in [3.8, 4) is 0 Å². The summed E-state index contributed by atoms with van der Waals surface area (Å²) >= 11 is 3.29. The maximum absolute atomic E-state index is 3.22. The minimum Gasteiger partial charge on any atom is -0.333 e. The van der Waals surface area contributed by atoms with Gasteiger partial charge in [-0.15, -0.1) is 0 Å². The zero-order chi connectivity index (χ0) is 12.0. The molecule has 3 heterocycles. The molecule has 94 valence electrons. The average Bonchev–Trinajstić information content (AvgIpc) is 3.03. The SMILES string of the molecule is C1=CNSC=C1.C1CNCCN1.c1ccsc1. The Morgan fingerprint density at radius 3 is 1.65 bits per heavy atom. The number of thiophene rings is 1. The van der Waals surface area contributed by atoms with Crippen LogP contribution in [0, 0.1) is 0 Å². The Kier molecular flexibility index (Phi) is 9.87. The Hall–Kier alpha value is -0.750. The van der Waals surface area contributed by atoms with Gasteiger partial charge >= 0.3 is 0 Å². The van der Waals surface area contributed by atoms with E-state index in [2.05, 4.69) is 15.4 Å². The molecule has 1 aromatic rings. The predicted octanol–water partition coefficient (Wildman–Crippen LogP) is 2.19. The highest BCUT2D eigenvalue weighted by atomic mass is 32.2. The van der Waals surface area contributed by atoms with E-state index >= 15 is 0 Å². The van der Waals surface area contributed by atoms with E-state index in [0.29, 0.717) is 0 Å². The molecule has 0 spiro atoms. The third-order valence-corrected chi connectivity index (χ3v) is 3.07. The van der Waals surface area contributed by atoms with Crippen LogP contribution >= 0.6 is 23.3 Å². The van der Waals surface area contributed by atoms with Crippen molar-refractivity contribution in [1.82, 2.24) is 15.4 Å². The van der Waals surface area contributed by atoms with Crippen LogP contribution in [-0.4, -0.2) is 26.2 Å². The molecular formula is C12H19N3S2. The highest BCUT2D eigenvalue weighted by Gasteiger charge is 1.91. The van der Waals surface area contributed by atoms with Gasteiger partial charge in [0.05, 0.1) is 0 Å². The lowest BCUT2D eigenvalue weighted by Crippen LogP contribution is -2.39. The Morgan fingerprint density at radius 2 is 1.47 bits per heavy atom. The number of rotatable bonds is 0. The van der Waals surface area contributed by atoms with Crippen molar-refractivity contribution in [2.75, 3.05) is 26.2 Å². The van der Waals surface area contributed by atoms with Gasteiger partial charge in [0.1, 0.15) is 0 Å². The summed E-state index contributed by atoms with van der Waals surface area (Å²) in [6.45, 7) is 4.56. The Bertz CT molecular complexity index is 252. The number of piperazine rings is 1. The van der Waals surface area contributed by atoms with Gasteiger partial charge in [0.25, 0.3) is 0 Å². The molecule has 0 atom stereocenters. The normalized spacial score (nSPS) is 16.9. The standard InChI is InChI=1S/C4H10N2.C4H5NS.C4H4S/c1-2-6-4-3-5-1;1-2-4-6-5-3-1;1-2-4-5-3-1/h5-6H,1-4H2;1-5H;1-4H. The number of hydrogen-bond acceptors (Lipinski definition) is 5. The molecule has 2 aliphatic heterocycles. The van der Waals surface area contributed by atoms with E-state index in [9.17, 15) is 0 Å². The fraction of sp³-hybridized carbons (Fsp3) is 0.333. The molecule has 0 amide bonds. The van der Waals surface area contributed by atoms with Crippen LogP contribution in [0.25, 0.3) is 0 Å². The first-order valence-electron chi connectivity index (χ1n) is 5.61. The highest BCUT2D eigenvalue weighted by molar-refractivity contribution is 8.00. The minimum absolute atomic E-state index is 1.14. The first-order valence-corrected chi connectivity index (χ1v) is 7.44. The second-order valence-electron chi connectivity index (χ2n) is 3.22. The summed E-state index contributed by atoms with van der Waals surface area (Å²) in [4.78, 5) is 0. The van der Waals surface area contributed by atoms with Gasteiger partial charge in [-0.05, 0) is 34.2 Å². The van der Waals surface area contributed by atoms with Gasteiger partial charge in [-0.25, -0.2) is 0 Å². The van der Waals surface area contributed by atoms with Crippen molar-refractivity contribution in [2.24, 2.45) is 0 Å². The summed E-state index contributed by atoms with van der Waals surface area (Å²) < 4.78 is 2.93. The average molecular weight is 269 g/mol. The predicted molar refractivity (Wildman–Crippen MR) is 79.1 cm³/mol. The topological polar surface area (TPSA) is 36.1 Å². The van der Waals surface area contributed by atoms with Crippen LogP contribution in [0.3, 0.4) is 0 Å². The van der Waals surface area contributed by atoms with Crippen LogP contribution in [0.1, 0.15) is 0 Å². The molecule has 0 aliphatic carbocycles. The summed E-state index contributed by atoms with van der Waals surface area (Å²) in [5.41, 5.74) is 0. The molecule has 3 N–H and O–H groups in total. The lowest BCUT2D eigenvalue weighted by atomic mass is 10.4. The zero-order valence-electron chi connectivity index (χ0n) is 9.76. The Labute approximate surface area is 112 Å². The van der Waals surface area contributed by atoms with Gasteiger partial charge in [0, 0.05) is 32.4 Å². The van der Waals surface area contributed by atoms with Crippen LogP contribution < -0.4 is 15.4 Å². The monoisotopic (exact) mass is 269 g/mol.